The van der Waals surface area contributed by atoms with Crippen LogP contribution < -0.4 is 10.6 Å². The lowest BCUT2D eigenvalue weighted by molar-refractivity contribution is -0.118. The van der Waals surface area contributed by atoms with Crippen LogP contribution in [0.25, 0.3) is 0 Å². The molecule has 0 aromatic heterocycles. The number of benzene rings is 1. The van der Waals surface area contributed by atoms with Crippen molar-refractivity contribution in [1.29, 1.82) is 5.26 Å². The zero-order valence-electron chi connectivity index (χ0n) is 8.60. The second-order valence-electron chi connectivity index (χ2n) is 3.12. The van der Waals surface area contributed by atoms with E-state index in [2.05, 4.69) is 0 Å². The van der Waals surface area contributed by atoms with E-state index < -0.39 is 0 Å². The average Bonchev–Trinajstić information content (AvgIpc) is 2.28. The topological polar surface area (TPSA) is 70.1 Å². The molecule has 1 aromatic carbocycles. The lowest BCUT2D eigenvalue weighted by atomic mass is 10.1. The summed E-state index contributed by atoms with van der Waals surface area (Å²) in [6.45, 7) is 0.317. The number of hydrogen-bond donors (Lipinski definition) is 1. The van der Waals surface area contributed by atoms with Crippen molar-refractivity contribution in [2.24, 2.45) is 5.73 Å². The van der Waals surface area contributed by atoms with Crippen LogP contribution in [0.1, 0.15) is 12.0 Å². The summed E-state index contributed by atoms with van der Waals surface area (Å²) in [4.78, 5) is 13.0. The average molecular weight is 203 g/mol. The summed E-state index contributed by atoms with van der Waals surface area (Å²) in [6, 6.07) is 9.03. The Morgan fingerprint density at radius 2 is 2.20 bits per heavy atom. The van der Waals surface area contributed by atoms with Crippen molar-refractivity contribution in [1.82, 2.24) is 0 Å². The molecule has 0 saturated heterocycles. The highest BCUT2D eigenvalue weighted by Crippen LogP contribution is 2.18. The number of rotatable bonds is 3. The number of nitriles is 1. The molecule has 4 nitrogen and oxygen atoms in total. The Balaban J connectivity index is 2.96. The van der Waals surface area contributed by atoms with Crippen LogP contribution in [-0.4, -0.2) is 19.5 Å². The lowest BCUT2D eigenvalue weighted by Gasteiger charge is -2.17. The second kappa shape index (κ2) is 5.13. The molecule has 0 unspecified atom stereocenters. The molecular weight excluding hydrogens is 190 g/mol. The number of anilines is 1. The largest absolute Gasteiger partial charge is 0.330 e. The van der Waals surface area contributed by atoms with Crippen LogP contribution >= 0.6 is 0 Å². The van der Waals surface area contributed by atoms with Crippen molar-refractivity contribution >= 4 is 11.6 Å². The van der Waals surface area contributed by atoms with Crippen molar-refractivity contribution in [2.45, 2.75) is 6.42 Å². The highest BCUT2D eigenvalue weighted by molar-refractivity contribution is 5.94. The number of carbonyl (C=O) groups excluding carboxylic acids is 1. The predicted octanol–water partition coefficient (Wildman–Crippen LogP) is 0.870. The molecule has 1 amide bonds. The summed E-state index contributed by atoms with van der Waals surface area (Å²) in [7, 11) is 1.65. The first-order chi connectivity index (χ1) is 7.20. The Hall–Kier alpha value is -1.86. The van der Waals surface area contributed by atoms with E-state index in [0.29, 0.717) is 17.8 Å². The minimum atomic E-state index is -0.0831. The van der Waals surface area contributed by atoms with Gasteiger partial charge in [0.2, 0.25) is 5.91 Å². The summed E-state index contributed by atoms with van der Waals surface area (Å²) in [5.41, 5.74) is 6.42. The Kier molecular flexibility index (Phi) is 3.83. The number of carbonyl (C=O) groups is 1. The maximum atomic E-state index is 11.5. The number of amides is 1. The summed E-state index contributed by atoms with van der Waals surface area (Å²) in [5.74, 6) is -0.0831. The molecule has 15 heavy (non-hydrogen) atoms. The van der Waals surface area contributed by atoms with E-state index in [1.165, 1.54) is 4.90 Å². The van der Waals surface area contributed by atoms with Crippen molar-refractivity contribution in [3.05, 3.63) is 29.8 Å². The van der Waals surface area contributed by atoms with Crippen LogP contribution in [0.3, 0.4) is 0 Å². The van der Waals surface area contributed by atoms with Gasteiger partial charge in [-0.15, -0.1) is 0 Å². The van der Waals surface area contributed by atoms with Gasteiger partial charge in [-0.25, -0.2) is 0 Å². The van der Waals surface area contributed by atoms with Gasteiger partial charge in [-0.2, -0.15) is 5.26 Å². The summed E-state index contributed by atoms with van der Waals surface area (Å²) in [6.07, 6.45) is 0.288. The third-order valence-electron chi connectivity index (χ3n) is 2.12. The van der Waals surface area contributed by atoms with Crippen LogP contribution in [0, 0.1) is 11.3 Å². The van der Waals surface area contributed by atoms with E-state index in [-0.39, 0.29) is 12.3 Å². The van der Waals surface area contributed by atoms with Crippen LogP contribution in [0.2, 0.25) is 0 Å². The molecule has 2 N–H and O–H groups in total. The Bertz CT molecular complexity index is 395. The summed E-state index contributed by atoms with van der Waals surface area (Å²) >= 11 is 0. The van der Waals surface area contributed by atoms with Gasteiger partial charge in [0, 0.05) is 20.0 Å². The smallest absolute Gasteiger partial charge is 0.228 e. The molecular formula is C11H13N3O. The standard InChI is InChI=1S/C11H13N3O/c1-14(11(15)6-7-12)10-5-3-2-4-9(10)8-13/h2-5H,6-7,12H2,1H3. The van der Waals surface area contributed by atoms with Gasteiger partial charge in [-0.1, -0.05) is 12.1 Å². The molecule has 0 atom stereocenters. The van der Waals surface area contributed by atoms with E-state index in [4.69, 9.17) is 11.0 Å². The molecule has 0 aliphatic rings. The number of hydrogen-bond acceptors (Lipinski definition) is 3. The van der Waals surface area contributed by atoms with Crippen LogP contribution in [0.4, 0.5) is 5.69 Å². The van der Waals surface area contributed by atoms with E-state index in [1.54, 1.807) is 31.3 Å². The molecule has 1 aromatic rings. The van der Waals surface area contributed by atoms with Gasteiger partial charge in [0.05, 0.1) is 11.3 Å². The van der Waals surface area contributed by atoms with Gasteiger partial charge in [-0.05, 0) is 12.1 Å². The van der Waals surface area contributed by atoms with E-state index in [9.17, 15) is 4.79 Å². The maximum Gasteiger partial charge on any atom is 0.228 e. The molecule has 0 spiro atoms. The summed E-state index contributed by atoms with van der Waals surface area (Å²) in [5, 5.41) is 8.87. The maximum absolute atomic E-state index is 11.5. The van der Waals surface area contributed by atoms with Gasteiger partial charge in [0.15, 0.2) is 0 Å². The second-order valence-corrected chi connectivity index (χ2v) is 3.12. The van der Waals surface area contributed by atoms with Gasteiger partial charge >= 0.3 is 0 Å². The Morgan fingerprint density at radius 3 is 2.80 bits per heavy atom. The number of nitrogens with two attached hydrogens (primary N) is 1. The monoisotopic (exact) mass is 203 g/mol. The SMILES string of the molecule is CN(C(=O)CCN)c1ccccc1C#N. The minimum Gasteiger partial charge on any atom is -0.330 e. The fourth-order valence-electron chi connectivity index (χ4n) is 1.29. The van der Waals surface area contributed by atoms with Crippen molar-refractivity contribution in [3.63, 3.8) is 0 Å². The third kappa shape index (κ3) is 2.55. The molecule has 0 fully saturated rings. The zero-order chi connectivity index (χ0) is 11.3. The lowest BCUT2D eigenvalue weighted by Crippen LogP contribution is -2.28. The molecule has 0 aliphatic heterocycles. The fourth-order valence-corrected chi connectivity index (χ4v) is 1.29. The first-order valence-electron chi connectivity index (χ1n) is 4.66. The quantitative estimate of drug-likeness (QED) is 0.792. The molecule has 0 saturated carbocycles. The van der Waals surface area contributed by atoms with Crippen LogP contribution in [0.5, 0.6) is 0 Å². The van der Waals surface area contributed by atoms with Crippen LogP contribution in [0.15, 0.2) is 24.3 Å². The van der Waals surface area contributed by atoms with Gasteiger partial charge in [0.25, 0.3) is 0 Å². The highest BCUT2D eigenvalue weighted by Gasteiger charge is 2.12. The predicted molar refractivity (Wildman–Crippen MR) is 58.2 cm³/mol. The number of para-hydroxylation sites is 1. The molecule has 0 bridgehead atoms. The fraction of sp³-hybridized carbons (Fsp3) is 0.273. The van der Waals surface area contributed by atoms with Crippen molar-refractivity contribution < 1.29 is 4.79 Å². The van der Waals surface area contributed by atoms with Gasteiger partial charge in [0.1, 0.15) is 6.07 Å². The van der Waals surface area contributed by atoms with E-state index in [1.807, 2.05) is 6.07 Å². The minimum absolute atomic E-state index is 0.0831. The highest BCUT2D eigenvalue weighted by atomic mass is 16.2. The molecule has 0 radical (unpaired) electrons. The Morgan fingerprint density at radius 1 is 1.53 bits per heavy atom. The van der Waals surface area contributed by atoms with Gasteiger partial charge in [-0.3, -0.25) is 4.79 Å². The molecule has 0 aliphatic carbocycles. The molecule has 78 valence electrons. The zero-order valence-corrected chi connectivity index (χ0v) is 8.60. The Labute approximate surface area is 88.9 Å². The summed E-state index contributed by atoms with van der Waals surface area (Å²) < 4.78 is 0. The first-order valence-corrected chi connectivity index (χ1v) is 4.66. The number of nitrogens with zero attached hydrogens (tertiary/aromatic N) is 2. The van der Waals surface area contributed by atoms with Crippen molar-refractivity contribution in [2.75, 3.05) is 18.5 Å². The normalized spacial score (nSPS) is 9.40. The molecule has 0 heterocycles. The van der Waals surface area contributed by atoms with E-state index >= 15 is 0 Å². The third-order valence-corrected chi connectivity index (χ3v) is 2.12. The van der Waals surface area contributed by atoms with E-state index in [0.717, 1.165) is 0 Å². The first kappa shape index (κ1) is 11.2. The van der Waals surface area contributed by atoms with Crippen molar-refractivity contribution in [3.8, 4) is 6.07 Å². The van der Waals surface area contributed by atoms with Crippen LogP contribution in [-0.2, 0) is 4.79 Å². The molecule has 1 rings (SSSR count). The molecule has 4 heteroatoms. The van der Waals surface area contributed by atoms with Gasteiger partial charge < -0.3 is 10.6 Å².